The first-order chi connectivity index (χ1) is 8.29. The standard InChI is InChI=1S/C13H11N3O/c1-10-3-2-4-12(16-10)9-17-13-8-15-6-5-11(13)7-14/h2-6,8H,9H2,1H3. The van der Waals surface area contributed by atoms with Crippen molar-refractivity contribution in [1.82, 2.24) is 9.97 Å². The number of aryl methyl sites for hydroxylation is 1. The molecule has 0 fully saturated rings. The van der Waals surface area contributed by atoms with Gasteiger partial charge in [0.15, 0.2) is 5.75 Å². The van der Waals surface area contributed by atoms with Crippen molar-refractivity contribution in [2.75, 3.05) is 0 Å². The molecular weight excluding hydrogens is 214 g/mol. The van der Waals surface area contributed by atoms with Crippen LogP contribution in [0.5, 0.6) is 5.75 Å². The molecule has 4 nitrogen and oxygen atoms in total. The average molecular weight is 225 g/mol. The molecule has 0 amide bonds. The van der Waals surface area contributed by atoms with Crippen molar-refractivity contribution in [2.45, 2.75) is 13.5 Å². The van der Waals surface area contributed by atoms with Gasteiger partial charge < -0.3 is 4.74 Å². The van der Waals surface area contributed by atoms with Crippen LogP contribution in [-0.2, 0) is 6.61 Å². The normalized spacial score (nSPS) is 9.65. The predicted molar refractivity (Wildman–Crippen MR) is 62.3 cm³/mol. The highest BCUT2D eigenvalue weighted by Gasteiger charge is 2.03. The van der Waals surface area contributed by atoms with Gasteiger partial charge in [0.05, 0.1) is 17.5 Å². The maximum absolute atomic E-state index is 8.89. The first kappa shape index (κ1) is 11.1. The molecule has 0 aliphatic rings. The number of nitrogens with zero attached hydrogens (tertiary/aromatic N) is 3. The second-order valence-corrected chi connectivity index (χ2v) is 3.54. The highest BCUT2D eigenvalue weighted by Crippen LogP contribution is 2.16. The smallest absolute Gasteiger partial charge is 0.155 e. The molecule has 84 valence electrons. The summed E-state index contributed by atoms with van der Waals surface area (Å²) in [5.41, 5.74) is 2.25. The fourth-order valence-electron chi connectivity index (χ4n) is 1.42. The van der Waals surface area contributed by atoms with E-state index in [1.807, 2.05) is 25.1 Å². The number of hydrogen-bond donors (Lipinski definition) is 0. The molecule has 0 aliphatic carbocycles. The van der Waals surface area contributed by atoms with Crippen molar-refractivity contribution < 1.29 is 4.74 Å². The number of aromatic nitrogens is 2. The number of hydrogen-bond acceptors (Lipinski definition) is 4. The zero-order valence-electron chi connectivity index (χ0n) is 9.42. The molecule has 4 heteroatoms. The Morgan fingerprint density at radius 2 is 2.24 bits per heavy atom. The molecule has 0 bridgehead atoms. The zero-order valence-corrected chi connectivity index (χ0v) is 9.42. The number of ether oxygens (including phenoxy) is 1. The molecular formula is C13H11N3O. The van der Waals surface area contributed by atoms with Crippen LogP contribution in [0.4, 0.5) is 0 Å². The molecule has 0 saturated heterocycles. The van der Waals surface area contributed by atoms with Crippen LogP contribution in [0.2, 0.25) is 0 Å². The maximum atomic E-state index is 8.89. The van der Waals surface area contributed by atoms with Crippen LogP contribution in [0.1, 0.15) is 17.0 Å². The van der Waals surface area contributed by atoms with Gasteiger partial charge in [0.2, 0.25) is 0 Å². The van der Waals surface area contributed by atoms with Gasteiger partial charge in [-0.1, -0.05) is 6.07 Å². The summed E-state index contributed by atoms with van der Waals surface area (Å²) in [6, 6.07) is 9.42. The van der Waals surface area contributed by atoms with E-state index in [-0.39, 0.29) is 0 Å². The van der Waals surface area contributed by atoms with Crippen molar-refractivity contribution >= 4 is 0 Å². The van der Waals surface area contributed by atoms with E-state index in [1.54, 1.807) is 12.3 Å². The summed E-state index contributed by atoms with van der Waals surface area (Å²) in [4.78, 5) is 8.24. The summed E-state index contributed by atoms with van der Waals surface area (Å²) in [7, 11) is 0. The molecule has 0 aromatic carbocycles. The third-order valence-electron chi connectivity index (χ3n) is 2.23. The summed E-state index contributed by atoms with van der Waals surface area (Å²) in [6.07, 6.45) is 3.10. The fourth-order valence-corrected chi connectivity index (χ4v) is 1.42. The molecule has 0 atom stereocenters. The molecule has 2 rings (SSSR count). The van der Waals surface area contributed by atoms with E-state index in [1.165, 1.54) is 6.20 Å². The quantitative estimate of drug-likeness (QED) is 0.803. The Balaban J connectivity index is 2.10. The van der Waals surface area contributed by atoms with E-state index in [4.69, 9.17) is 10.00 Å². The Kier molecular flexibility index (Phi) is 3.31. The highest BCUT2D eigenvalue weighted by molar-refractivity contribution is 5.40. The first-order valence-corrected chi connectivity index (χ1v) is 5.19. The molecule has 17 heavy (non-hydrogen) atoms. The van der Waals surface area contributed by atoms with Crippen LogP contribution < -0.4 is 4.74 Å². The third kappa shape index (κ3) is 2.79. The van der Waals surface area contributed by atoms with E-state index in [2.05, 4.69) is 16.0 Å². The highest BCUT2D eigenvalue weighted by atomic mass is 16.5. The molecule has 2 aromatic rings. The number of nitriles is 1. The van der Waals surface area contributed by atoms with Gasteiger partial charge >= 0.3 is 0 Å². The first-order valence-electron chi connectivity index (χ1n) is 5.19. The van der Waals surface area contributed by atoms with Gasteiger partial charge in [-0.05, 0) is 25.1 Å². The molecule has 2 aromatic heterocycles. The van der Waals surface area contributed by atoms with E-state index in [0.717, 1.165) is 11.4 Å². The second kappa shape index (κ2) is 5.08. The third-order valence-corrected chi connectivity index (χ3v) is 2.23. The summed E-state index contributed by atoms with van der Waals surface area (Å²) in [5, 5.41) is 8.89. The molecule has 0 aliphatic heterocycles. The van der Waals surface area contributed by atoms with Gasteiger partial charge in [-0.3, -0.25) is 9.97 Å². The Labute approximate surface area is 99.5 Å². The number of rotatable bonds is 3. The van der Waals surface area contributed by atoms with E-state index >= 15 is 0 Å². The van der Waals surface area contributed by atoms with Crippen LogP contribution in [0, 0.1) is 18.3 Å². The van der Waals surface area contributed by atoms with Gasteiger partial charge in [0.1, 0.15) is 12.7 Å². The lowest BCUT2D eigenvalue weighted by atomic mass is 10.3. The van der Waals surface area contributed by atoms with Gasteiger partial charge in [0, 0.05) is 11.9 Å². The van der Waals surface area contributed by atoms with Gasteiger partial charge in [-0.25, -0.2) is 0 Å². The van der Waals surface area contributed by atoms with Crippen LogP contribution in [0.25, 0.3) is 0 Å². The van der Waals surface area contributed by atoms with E-state index < -0.39 is 0 Å². The minimum Gasteiger partial charge on any atom is -0.484 e. The van der Waals surface area contributed by atoms with Crippen molar-refractivity contribution in [3.63, 3.8) is 0 Å². The van der Waals surface area contributed by atoms with Gasteiger partial charge in [-0.2, -0.15) is 5.26 Å². The Bertz CT molecular complexity index is 561. The van der Waals surface area contributed by atoms with Crippen molar-refractivity contribution in [3.8, 4) is 11.8 Å². The fraction of sp³-hybridized carbons (Fsp3) is 0.154. The van der Waals surface area contributed by atoms with E-state index in [0.29, 0.717) is 17.9 Å². The predicted octanol–water partition coefficient (Wildman–Crippen LogP) is 2.24. The number of pyridine rings is 2. The zero-order chi connectivity index (χ0) is 12.1. The Morgan fingerprint density at radius 3 is 3.00 bits per heavy atom. The van der Waals surface area contributed by atoms with E-state index in [9.17, 15) is 0 Å². The minimum absolute atomic E-state index is 0.335. The van der Waals surface area contributed by atoms with Crippen molar-refractivity contribution in [2.24, 2.45) is 0 Å². The Hall–Kier alpha value is -2.41. The summed E-state index contributed by atoms with van der Waals surface area (Å²) in [6.45, 7) is 2.26. The molecule has 0 unspecified atom stereocenters. The largest absolute Gasteiger partial charge is 0.484 e. The van der Waals surface area contributed by atoms with Crippen LogP contribution in [0.3, 0.4) is 0 Å². The lowest BCUT2D eigenvalue weighted by Gasteiger charge is -2.06. The monoisotopic (exact) mass is 225 g/mol. The van der Waals surface area contributed by atoms with Crippen molar-refractivity contribution in [1.29, 1.82) is 5.26 Å². The lowest BCUT2D eigenvalue weighted by molar-refractivity contribution is 0.299. The molecule has 0 radical (unpaired) electrons. The topological polar surface area (TPSA) is 58.8 Å². The minimum atomic E-state index is 0.335. The van der Waals surface area contributed by atoms with Crippen LogP contribution in [0.15, 0.2) is 36.7 Å². The van der Waals surface area contributed by atoms with Crippen LogP contribution >= 0.6 is 0 Å². The van der Waals surface area contributed by atoms with Crippen molar-refractivity contribution in [3.05, 3.63) is 53.6 Å². The molecule has 0 spiro atoms. The average Bonchev–Trinajstić information content (AvgIpc) is 2.37. The lowest BCUT2D eigenvalue weighted by Crippen LogP contribution is -2.00. The molecule has 0 saturated carbocycles. The Morgan fingerprint density at radius 1 is 1.35 bits per heavy atom. The summed E-state index contributed by atoms with van der Waals surface area (Å²) < 4.78 is 5.52. The SMILES string of the molecule is Cc1cccc(COc2cnccc2C#N)n1. The maximum Gasteiger partial charge on any atom is 0.155 e. The van der Waals surface area contributed by atoms with Gasteiger partial charge in [-0.15, -0.1) is 0 Å². The van der Waals surface area contributed by atoms with Gasteiger partial charge in [0.25, 0.3) is 0 Å². The summed E-state index contributed by atoms with van der Waals surface area (Å²) in [5.74, 6) is 0.485. The molecule has 0 N–H and O–H groups in total. The summed E-state index contributed by atoms with van der Waals surface area (Å²) >= 11 is 0. The van der Waals surface area contributed by atoms with Crippen LogP contribution in [-0.4, -0.2) is 9.97 Å². The molecule has 2 heterocycles. The second-order valence-electron chi connectivity index (χ2n) is 3.54.